The molecule has 0 atom stereocenters. The van der Waals surface area contributed by atoms with Gasteiger partial charge in [-0.3, -0.25) is 4.99 Å². The minimum Gasteiger partial charge on any atom is -0.366 e. The van der Waals surface area contributed by atoms with Crippen molar-refractivity contribution in [1.82, 2.24) is 20.4 Å². The van der Waals surface area contributed by atoms with E-state index < -0.39 is 11.6 Å². The van der Waals surface area contributed by atoms with Crippen molar-refractivity contribution in [3.8, 4) is 0 Å². The summed E-state index contributed by atoms with van der Waals surface area (Å²) in [5.41, 5.74) is 0.317. The number of benzene rings is 1. The monoisotopic (exact) mass is 420 g/mol. The molecule has 7 nitrogen and oxygen atoms in total. The van der Waals surface area contributed by atoms with E-state index in [2.05, 4.69) is 20.4 Å². The van der Waals surface area contributed by atoms with Crippen LogP contribution in [0.5, 0.6) is 0 Å². The first-order valence-electron chi connectivity index (χ1n) is 10.5. The van der Waals surface area contributed by atoms with Gasteiger partial charge in [0, 0.05) is 57.7 Å². The summed E-state index contributed by atoms with van der Waals surface area (Å²) >= 11 is 0. The number of piperazine rings is 1. The highest BCUT2D eigenvalue weighted by atomic mass is 19.1. The van der Waals surface area contributed by atoms with E-state index >= 15 is 0 Å². The second-order valence-electron chi connectivity index (χ2n) is 7.61. The van der Waals surface area contributed by atoms with Crippen LogP contribution >= 0.6 is 0 Å². The molecule has 1 fully saturated rings. The molecule has 2 heterocycles. The Morgan fingerprint density at radius 3 is 2.67 bits per heavy atom. The Balaban J connectivity index is 1.52. The summed E-state index contributed by atoms with van der Waals surface area (Å²) in [4.78, 5) is 13.1. The second kappa shape index (κ2) is 10.4. The zero-order valence-corrected chi connectivity index (χ0v) is 17.9. The van der Waals surface area contributed by atoms with E-state index in [1.54, 1.807) is 0 Å². The highest BCUT2D eigenvalue weighted by molar-refractivity contribution is 5.80. The van der Waals surface area contributed by atoms with Crippen molar-refractivity contribution < 1.29 is 13.3 Å². The maximum absolute atomic E-state index is 14.0. The van der Waals surface area contributed by atoms with Crippen LogP contribution in [0.3, 0.4) is 0 Å². The third kappa shape index (κ3) is 5.67. The minimum atomic E-state index is -0.425. The number of halogens is 2. The molecule has 1 aromatic heterocycles. The number of anilines is 1. The van der Waals surface area contributed by atoms with Gasteiger partial charge in [-0.15, -0.1) is 0 Å². The lowest BCUT2D eigenvalue weighted by Gasteiger charge is -2.37. The highest BCUT2D eigenvalue weighted by Crippen LogP contribution is 2.22. The van der Waals surface area contributed by atoms with Gasteiger partial charge in [0.2, 0.25) is 5.89 Å². The largest absolute Gasteiger partial charge is 0.366 e. The number of hydrogen-bond acceptors (Lipinski definition) is 5. The molecule has 30 heavy (non-hydrogen) atoms. The van der Waals surface area contributed by atoms with E-state index in [9.17, 15) is 8.78 Å². The van der Waals surface area contributed by atoms with E-state index in [4.69, 9.17) is 9.52 Å². The van der Waals surface area contributed by atoms with Crippen LogP contribution < -0.4 is 10.2 Å². The summed E-state index contributed by atoms with van der Waals surface area (Å²) in [7, 11) is 0. The molecular weight excluding hydrogens is 390 g/mol. The predicted octanol–water partition coefficient (Wildman–Crippen LogP) is 3.19. The third-order valence-electron chi connectivity index (χ3n) is 4.97. The van der Waals surface area contributed by atoms with Crippen LogP contribution in [0.4, 0.5) is 14.5 Å². The lowest BCUT2D eigenvalue weighted by molar-refractivity contribution is 0.366. The molecule has 1 N–H and O–H groups in total. The Kier molecular flexibility index (Phi) is 7.59. The van der Waals surface area contributed by atoms with Crippen molar-refractivity contribution >= 4 is 11.6 Å². The number of nitrogens with one attached hydrogen (secondary N) is 1. The number of aryl methyl sites for hydroxylation is 1. The molecule has 0 saturated carbocycles. The summed E-state index contributed by atoms with van der Waals surface area (Å²) in [5, 5.41) is 7.30. The van der Waals surface area contributed by atoms with Gasteiger partial charge in [0.1, 0.15) is 11.6 Å². The number of guanidine groups is 1. The fraction of sp³-hybridized carbons (Fsp3) is 0.571. The Bertz CT molecular complexity index is 846. The van der Waals surface area contributed by atoms with Crippen molar-refractivity contribution in [2.75, 3.05) is 44.2 Å². The molecule has 1 saturated heterocycles. The molecule has 0 radical (unpaired) electrons. The molecule has 0 bridgehead atoms. The van der Waals surface area contributed by atoms with Gasteiger partial charge in [-0.2, -0.15) is 4.98 Å². The quantitative estimate of drug-likeness (QED) is 0.422. The Morgan fingerprint density at radius 1 is 1.23 bits per heavy atom. The van der Waals surface area contributed by atoms with Gasteiger partial charge in [-0.25, -0.2) is 8.78 Å². The lowest BCUT2D eigenvalue weighted by Crippen LogP contribution is -2.52. The second-order valence-corrected chi connectivity index (χ2v) is 7.61. The fourth-order valence-corrected chi connectivity index (χ4v) is 3.33. The maximum atomic E-state index is 14.0. The van der Waals surface area contributed by atoms with Gasteiger partial charge in [0.15, 0.2) is 11.8 Å². The van der Waals surface area contributed by atoms with Crippen molar-refractivity contribution in [1.29, 1.82) is 0 Å². The molecule has 9 heteroatoms. The predicted molar refractivity (Wildman–Crippen MR) is 113 cm³/mol. The Morgan fingerprint density at radius 2 is 2.00 bits per heavy atom. The third-order valence-corrected chi connectivity index (χ3v) is 4.97. The van der Waals surface area contributed by atoms with Gasteiger partial charge < -0.3 is 19.6 Å². The first-order valence-corrected chi connectivity index (χ1v) is 10.5. The zero-order chi connectivity index (χ0) is 21.5. The van der Waals surface area contributed by atoms with Crippen molar-refractivity contribution in [2.24, 2.45) is 4.99 Å². The van der Waals surface area contributed by atoms with E-state index in [1.165, 1.54) is 12.1 Å². The SMILES string of the molecule is CCNC(=NCCCc1nc(C(C)C)no1)N1CCN(c2cc(F)ccc2F)CC1. The molecule has 0 spiro atoms. The van der Waals surface area contributed by atoms with Crippen molar-refractivity contribution in [3.05, 3.63) is 41.5 Å². The molecule has 0 unspecified atom stereocenters. The van der Waals surface area contributed by atoms with Gasteiger partial charge in [0.05, 0.1) is 5.69 Å². The average Bonchev–Trinajstić information content (AvgIpc) is 3.22. The summed E-state index contributed by atoms with van der Waals surface area (Å²) in [6.45, 7) is 10.1. The van der Waals surface area contributed by atoms with Crippen LogP contribution in [0.15, 0.2) is 27.7 Å². The average molecular weight is 421 g/mol. The molecule has 2 aromatic rings. The van der Waals surface area contributed by atoms with Crippen molar-refractivity contribution in [3.63, 3.8) is 0 Å². The van der Waals surface area contributed by atoms with Crippen LogP contribution in [0.25, 0.3) is 0 Å². The molecule has 3 rings (SSSR count). The van der Waals surface area contributed by atoms with Gasteiger partial charge in [-0.1, -0.05) is 19.0 Å². The van der Waals surface area contributed by atoms with E-state index in [1.807, 2.05) is 25.7 Å². The minimum absolute atomic E-state index is 0.250. The smallest absolute Gasteiger partial charge is 0.226 e. The van der Waals surface area contributed by atoms with Crippen LogP contribution in [0.2, 0.25) is 0 Å². The summed E-state index contributed by atoms with van der Waals surface area (Å²) in [6.07, 6.45) is 1.50. The Labute approximate surface area is 176 Å². The molecule has 1 aromatic carbocycles. The van der Waals surface area contributed by atoms with E-state index in [0.29, 0.717) is 50.7 Å². The lowest BCUT2D eigenvalue weighted by atomic mass is 10.2. The van der Waals surface area contributed by atoms with Crippen LogP contribution in [-0.2, 0) is 6.42 Å². The Hall–Kier alpha value is -2.71. The van der Waals surface area contributed by atoms with E-state index in [0.717, 1.165) is 30.8 Å². The zero-order valence-electron chi connectivity index (χ0n) is 17.9. The first kappa shape index (κ1) is 22.0. The first-order chi connectivity index (χ1) is 14.5. The normalized spacial score (nSPS) is 15.2. The molecule has 1 aliphatic heterocycles. The summed E-state index contributed by atoms with van der Waals surface area (Å²) in [5.74, 6) is 1.64. The topological polar surface area (TPSA) is 69.8 Å². The number of aromatic nitrogens is 2. The molecule has 1 aliphatic rings. The highest BCUT2D eigenvalue weighted by Gasteiger charge is 2.22. The van der Waals surface area contributed by atoms with Gasteiger partial charge in [-0.05, 0) is 25.5 Å². The number of nitrogens with zero attached hydrogens (tertiary/aromatic N) is 5. The van der Waals surface area contributed by atoms with Crippen LogP contribution in [-0.4, -0.2) is 60.3 Å². The van der Waals surface area contributed by atoms with Crippen molar-refractivity contribution in [2.45, 2.75) is 39.5 Å². The van der Waals surface area contributed by atoms with E-state index in [-0.39, 0.29) is 5.92 Å². The molecule has 0 aliphatic carbocycles. The number of rotatable bonds is 7. The van der Waals surface area contributed by atoms with Gasteiger partial charge >= 0.3 is 0 Å². The molecule has 0 amide bonds. The molecule has 164 valence electrons. The number of hydrogen-bond donors (Lipinski definition) is 1. The molecular formula is C21H30F2N6O. The van der Waals surface area contributed by atoms with Crippen LogP contribution in [0, 0.1) is 11.6 Å². The van der Waals surface area contributed by atoms with Gasteiger partial charge in [0.25, 0.3) is 0 Å². The standard InChI is InChI=1S/C21H30F2N6O/c1-4-24-21(25-9-5-6-19-26-20(15(2)3)27-30-19)29-12-10-28(11-13-29)18-14-16(22)7-8-17(18)23/h7-8,14-15H,4-6,9-13H2,1-3H3,(H,24,25). The number of aliphatic imine (C=N–C) groups is 1. The fourth-order valence-electron chi connectivity index (χ4n) is 3.33. The summed E-state index contributed by atoms with van der Waals surface area (Å²) in [6, 6.07) is 3.57. The van der Waals surface area contributed by atoms with Crippen LogP contribution in [0.1, 0.15) is 44.8 Å². The maximum Gasteiger partial charge on any atom is 0.226 e. The summed E-state index contributed by atoms with van der Waals surface area (Å²) < 4.78 is 32.8.